The van der Waals surface area contributed by atoms with Crippen LogP contribution < -0.4 is 5.73 Å². The Balaban J connectivity index is 2.81. The zero-order valence-corrected chi connectivity index (χ0v) is 27.5. The number of primary amides is 1. The van der Waals surface area contributed by atoms with Gasteiger partial charge < -0.3 is 45.8 Å². The van der Waals surface area contributed by atoms with Crippen molar-refractivity contribution in [2.24, 2.45) is 47.2 Å². The summed E-state index contributed by atoms with van der Waals surface area (Å²) in [5.41, 5.74) is 6.18. The molecule has 0 radical (unpaired) electrons. The lowest BCUT2D eigenvalue weighted by Gasteiger charge is -2.36. The van der Waals surface area contributed by atoms with E-state index in [1.54, 1.807) is 39.8 Å². The molecular weight excluding hydrogens is 570 g/mol. The van der Waals surface area contributed by atoms with Gasteiger partial charge in [0.1, 0.15) is 12.2 Å². The van der Waals surface area contributed by atoms with Gasteiger partial charge in [-0.25, -0.2) is 4.79 Å². The predicted octanol–water partition coefficient (Wildman–Crippen LogP) is 2.46. The molecule has 44 heavy (non-hydrogen) atoms. The summed E-state index contributed by atoms with van der Waals surface area (Å²) in [7, 11) is 0. The average Bonchev–Trinajstić information content (AvgIpc) is 2.97. The van der Waals surface area contributed by atoms with Crippen LogP contribution in [0.2, 0.25) is 0 Å². The standard InChI is InChI=1S/C33H57NO10/c1-10-25(36)30(40)22(8)31(44-33(34)42)21(7)28(38)19(5)14-16(2)13-18(4)27(37)17(3)11-12-24(35)15-26-20(6)29(39)23(9)32(41)43-26/h10-13,17-31,35-40H,1,14-15H2,2-9H3,(H2,34,42)/b12-11-,16-13-/t17-,18-,19-,20-,21-,22-,23+,24+,25?,26-,27-,28-,29-,30?,31+/m0/s1. The van der Waals surface area contributed by atoms with Crippen LogP contribution in [0.5, 0.6) is 0 Å². The molecule has 0 aromatic heterocycles. The van der Waals surface area contributed by atoms with Crippen molar-refractivity contribution in [2.75, 3.05) is 0 Å². The summed E-state index contributed by atoms with van der Waals surface area (Å²) in [6.07, 6.45) is -1.63. The van der Waals surface area contributed by atoms with E-state index in [4.69, 9.17) is 15.2 Å². The molecule has 1 amide bonds. The molecular formula is C33H57NO10. The van der Waals surface area contributed by atoms with Crippen LogP contribution in [0.4, 0.5) is 4.79 Å². The van der Waals surface area contributed by atoms with Crippen LogP contribution in [0.15, 0.2) is 36.5 Å². The molecule has 0 aliphatic carbocycles. The Hall–Kier alpha value is -2.28. The number of carbonyl (C=O) groups is 2. The molecule has 11 nitrogen and oxygen atoms in total. The first-order valence-corrected chi connectivity index (χ1v) is 15.6. The van der Waals surface area contributed by atoms with Gasteiger partial charge in [-0.1, -0.05) is 71.4 Å². The first-order valence-electron chi connectivity index (χ1n) is 15.6. The largest absolute Gasteiger partial charge is 0.462 e. The third kappa shape index (κ3) is 11.3. The van der Waals surface area contributed by atoms with Gasteiger partial charge in [-0.3, -0.25) is 4.79 Å². The summed E-state index contributed by atoms with van der Waals surface area (Å²) in [5, 5.41) is 63.3. The first-order chi connectivity index (χ1) is 20.3. The van der Waals surface area contributed by atoms with E-state index >= 15 is 0 Å². The average molecular weight is 628 g/mol. The number of hydrogen-bond acceptors (Lipinski definition) is 10. The lowest BCUT2D eigenvalue weighted by molar-refractivity contribution is -0.179. The van der Waals surface area contributed by atoms with Crippen LogP contribution in [0, 0.1) is 41.4 Å². The molecule has 0 bridgehead atoms. The summed E-state index contributed by atoms with van der Waals surface area (Å²) in [4.78, 5) is 23.6. The molecule has 1 aliphatic rings. The van der Waals surface area contributed by atoms with Gasteiger partial charge in [0, 0.05) is 36.0 Å². The van der Waals surface area contributed by atoms with Crippen LogP contribution in [-0.2, 0) is 14.3 Å². The second kappa shape index (κ2) is 18.0. The van der Waals surface area contributed by atoms with Crippen LogP contribution in [0.25, 0.3) is 0 Å². The molecule has 0 aromatic rings. The molecule has 1 aliphatic heterocycles. The Labute approximate surface area is 262 Å². The Morgan fingerprint density at radius 3 is 2.09 bits per heavy atom. The minimum absolute atomic E-state index is 0.140. The van der Waals surface area contributed by atoms with Gasteiger partial charge >= 0.3 is 12.1 Å². The number of carbonyl (C=O) groups excluding carboxylic acids is 2. The minimum Gasteiger partial charge on any atom is -0.462 e. The molecule has 0 aromatic carbocycles. The van der Waals surface area contributed by atoms with Crippen molar-refractivity contribution in [2.45, 2.75) is 117 Å². The third-order valence-corrected chi connectivity index (χ3v) is 9.20. The Morgan fingerprint density at radius 2 is 1.55 bits per heavy atom. The van der Waals surface area contributed by atoms with E-state index < -0.39 is 78.6 Å². The SMILES string of the molecule is C=CC(O)C(O)[C@H](C)[C@H](OC(N)=O)[C@@H](C)[C@@H](O)[C@@H](C)C/C(C)=C\[C@H](C)[C@@H](O)[C@@H](C)/C=C\[C@@H](O)C[C@@H]1OC(=O)[C@H](C)[C@@H](O)[C@H]1C. The number of rotatable bonds is 17. The topological polar surface area (TPSA) is 200 Å². The van der Waals surface area contributed by atoms with Crippen molar-refractivity contribution < 1.29 is 49.7 Å². The van der Waals surface area contributed by atoms with E-state index in [0.29, 0.717) is 6.42 Å². The third-order valence-electron chi connectivity index (χ3n) is 9.20. The molecule has 1 saturated heterocycles. The van der Waals surface area contributed by atoms with Crippen LogP contribution in [0.1, 0.15) is 68.2 Å². The number of cyclic esters (lactones) is 1. The predicted molar refractivity (Wildman–Crippen MR) is 167 cm³/mol. The van der Waals surface area contributed by atoms with Gasteiger partial charge in [0.25, 0.3) is 0 Å². The van der Waals surface area contributed by atoms with E-state index in [2.05, 4.69) is 6.58 Å². The lowest BCUT2D eigenvalue weighted by atomic mass is 9.79. The number of hydrogen-bond donors (Lipinski definition) is 7. The van der Waals surface area contributed by atoms with Crippen LogP contribution in [-0.4, -0.2) is 91.5 Å². The van der Waals surface area contributed by atoms with Crippen molar-refractivity contribution in [3.8, 4) is 0 Å². The number of ether oxygens (including phenoxy) is 2. The minimum atomic E-state index is -1.28. The molecule has 0 spiro atoms. The first kappa shape index (κ1) is 39.7. The molecule has 1 heterocycles. The molecule has 11 heteroatoms. The van der Waals surface area contributed by atoms with E-state index in [1.165, 1.54) is 6.08 Å². The van der Waals surface area contributed by atoms with Gasteiger partial charge in [0.05, 0.1) is 42.5 Å². The molecule has 2 unspecified atom stereocenters. The highest BCUT2D eigenvalue weighted by Gasteiger charge is 2.41. The van der Waals surface area contributed by atoms with Crippen LogP contribution >= 0.6 is 0 Å². The second-order valence-electron chi connectivity index (χ2n) is 13.0. The zero-order chi connectivity index (χ0) is 34.0. The van der Waals surface area contributed by atoms with Gasteiger partial charge in [-0.05, 0) is 26.2 Å². The maximum absolute atomic E-state index is 12.0. The Morgan fingerprint density at radius 1 is 0.977 bits per heavy atom. The fourth-order valence-corrected chi connectivity index (χ4v) is 6.08. The van der Waals surface area contributed by atoms with E-state index in [9.17, 15) is 40.2 Å². The summed E-state index contributed by atoms with van der Waals surface area (Å²) >= 11 is 0. The zero-order valence-electron chi connectivity index (χ0n) is 27.5. The summed E-state index contributed by atoms with van der Waals surface area (Å²) < 4.78 is 10.7. The van der Waals surface area contributed by atoms with Crippen molar-refractivity contribution in [1.29, 1.82) is 0 Å². The number of aliphatic hydroxyl groups is 6. The number of amides is 1. The number of nitrogens with two attached hydrogens (primary N) is 1. The molecule has 1 rings (SSSR count). The highest BCUT2D eigenvalue weighted by atomic mass is 16.6. The molecule has 15 atom stereocenters. The van der Waals surface area contributed by atoms with Crippen molar-refractivity contribution in [1.82, 2.24) is 0 Å². The van der Waals surface area contributed by atoms with Crippen molar-refractivity contribution >= 4 is 12.1 Å². The van der Waals surface area contributed by atoms with Gasteiger partial charge in [0.15, 0.2) is 0 Å². The fourth-order valence-electron chi connectivity index (χ4n) is 6.08. The lowest BCUT2D eigenvalue weighted by Crippen LogP contribution is -2.47. The highest BCUT2D eigenvalue weighted by Crippen LogP contribution is 2.31. The van der Waals surface area contributed by atoms with Crippen LogP contribution in [0.3, 0.4) is 0 Å². The van der Waals surface area contributed by atoms with Gasteiger partial charge in [-0.2, -0.15) is 0 Å². The van der Waals surface area contributed by atoms with Crippen molar-refractivity contribution in [3.63, 3.8) is 0 Å². The van der Waals surface area contributed by atoms with E-state index in [1.807, 2.05) is 33.8 Å². The Bertz CT molecular complexity index is 986. The molecule has 8 N–H and O–H groups in total. The normalized spacial score (nSPS) is 28.9. The Kier molecular flexibility index (Phi) is 16.3. The molecule has 254 valence electrons. The van der Waals surface area contributed by atoms with Crippen molar-refractivity contribution in [3.05, 3.63) is 36.5 Å². The molecule has 0 saturated carbocycles. The highest BCUT2D eigenvalue weighted by molar-refractivity contribution is 5.73. The summed E-state index contributed by atoms with van der Waals surface area (Å²) in [6.45, 7) is 17.6. The monoisotopic (exact) mass is 627 g/mol. The van der Waals surface area contributed by atoms with Gasteiger partial charge in [0.2, 0.25) is 0 Å². The van der Waals surface area contributed by atoms with Gasteiger partial charge in [-0.15, -0.1) is 6.58 Å². The number of aliphatic hydroxyl groups excluding tert-OH is 6. The van der Waals surface area contributed by atoms with E-state index in [0.717, 1.165) is 5.57 Å². The smallest absolute Gasteiger partial charge is 0.404 e. The quantitative estimate of drug-likeness (QED) is 0.0928. The fraction of sp³-hybridized carbons (Fsp3) is 0.758. The maximum atomic E-state index is 12.0. The van der Waals surface area contributed by atoms with E-state index in [-0.39, 0.29) is 30.1 Å². The summed E-state index contributed by atoms with van der Waals surface area (Å²) in [6, 6.07) is 0. The summed E-state index contributed by atoms with van der Waals surface area (Å²) in [5.74, 6) is -3.63. The number of allylic oxidation sites excluding steroid dienone is 1. The maximum Gasteiger partial charge on any atom is 0.404 e. The molecule has 1 fully saturated rings. The number of esters is 1. The second-order valence-corrected chi connectivity index (χ2v) is 13.0.